The smallest absolute Gasteiger partial charge is 0.213 e. The predicted molar refractivity (Wildman–Crippen MR) is 58.7 cm³/mol. The Morgan fingerprint density at radius 3 is 2.57 bits per heavy atom. The number of hydrogen-bond donors (Lipinski definition) is 0. The van der Waals surface area contributed by atoms with Gasteiger partial charge in [0.1, 0.15) is 0 Å². The fourth-order valence-electron chi connectivity index (χ4n) is 1.20. The van der Waals surface area contributed by atoms with Crippen LogP contribution in [0.25, 0.3) is 0 Å². The minimum atomic E-state index is 0.132. The van der Waals surface area contributed by atoms with Crippen molar-refractivity contribution in [2.24, 2.45) is 0 Å². The van der Waals surface area contributed by atoms with Gasteiger partial charge in [-0.3, -0.25) is 0 Å². The molecule has 0 atom stereocenters. The average Bonchev–Trinajstić information content (AvgIpc) is 2.19. The van der Waals surface area contributed by atoms with E-state index in [1.165, 1.54) is 0 Å². The van der Waals surface area contributed by atoms with Gasteiger partial charge in [0.2, 0.25) is 5.88 Å². The van der Waals surface area contributed by atoms with Crippen molar-refractivity contribution in [3.63, 3.8) is 0 Å². The lowest BCUT2D eigenvalue weighted by Crippen LogP contribution is -2.17. The van der Waals surface area contributed by atoms with Crippen molar-refractivity contribution in [3.05, 3.63) is 23.9 Å². The van der Waals surface area contributed by atoms with Crippen LogP contribution < -0.4 is 4.74 Å². The fraction of sp³-hybridized carbons (Fsp3) is 0.583. The SMILES string of the molecule is CCOc1cccc(C(C)(C)CC)n1. The third-order valence-corrected chi connectivity index (χ3v) is 2.59. The molecule has 1 rings (SSSR count). The van der Waals surface area contributed by atoms with Gasteiger partial charge in [0.25, 0.3) is 0 Å². The number of ether oxygens (including phenoxy) is 1. The molecule has 1 heterocycles. The lowest BCUT2D eigenvalue weighted by Gasteiger charge is -2.22. The molecule has 2 heteroatoms. The lowest BCUT2D eigenvalue weighted by atomic mass is 9.86. The van der Waals surface area contributed by atoms with Crippen LogP contribution in [0.15, 0.2) is 18.2 Å². The molecule has 2 nitrogen and oxygen atoms in total. The van der Waals surface area contributed by atoms with E-state index in [-0.39, 0.29) is 5.41 Å². The van der Waals surface area contributed by atoms with Crippen LogP contribution in [0.2, 0.25) is 0 Å². The van der Waals surface area contributed by atoms with E-state index in [2.05, 4.69) is 31.8 Å². The predicted octanol–water partition coefficient (Wildman–Crippen LogP) is 3.17. The molecule has 0 saturated heterocycles. The Labute approximate surface area is 86.3 Å². The summed E-state index contributed by atoms with van der Waals surface area (Å²) in [6.07, 6.45) is 1.08. The number of hydrogen-bond acceptors (Lipinski definition) is 2. The van der Waals surface area contributed by atoms with Gasteiger partial charge < -0.3 is 4.74 Å². The largest absolute Gasteiger partial charge is 0.478 e. The van der Waals surface area contributed by atoms with Crippen molar-refractivity contribution in [2.75, 3.05) is 6.61 Å². The normalized spacial score (nSPS) is 11.4. The minimum Gasteiger partial charge on any atom is -0.478 e. The van der Waals surface area contributed by atoms with Gasteiger partial charge in [-0.15, -0.1) is 0 Å². The summed E-state index contributed by atoms with van der Waals surface area (Å²) in [5, 5.41) is 0. The van der Waals surface area contributed by atoms with Crippen LogP contribution in [0.5, 0.6) is 5.88 Å². The number of rotatable bonds is 4. The molecular weight excluding hydrogens is 174 g/mol. The molecule has 0 aliphatic carbocycles. The molecule has 0 fully saturated rings. The Kier molecular flexibility index (Phi) is 3.50. The van der Waals surface area contributed by atoms with Crippen LogP contribution >= 0.6 is 0 Å². The Morgan fingerprint density at radius 2 is 2.00 bits per heavy atom. The number of pyridine rings is 1. The van der Waals surface area contributed by atoms with Crippen molar-refractivity contribution < 1.29 is 4.74 Å². The Morgan fingerprint density at radius 1 is 1.29 bits per heavy atom. The third-order valence-electron chi connectivity index (χ3n) is 2.59. The quantitative estimate of drug-likeness (QED) is 0.732. The summed E-state index contributed by atoms with van der Waals surface area (Å²) in [7, 11) is 0. The van der Waals surface area contributed by atoms with E-state index in [1.807, 2.05) is 19.1 Å². The van der Waals surface area contributed by atoms with Gasteiger partial charge in [0.15, 0.2) is 0 Å². The van der Waals surface area contributed by atoms with Crippen LogP contribution in [-0.4, -0.2) is 11.6 Å². The first-order valence-corrected chi connectivity index (χ1v) is 5.20. The van der Waals surface area contributed by atoms with E-state index in [0.717, 1.165) is 18.0 Å². The summed E-state index contributed by atoms with van der Waals surface area (Å²) in [5.41, 5.74) is 1.23. The molecule has 0 amide bonds. The standard InChI is InChI=1S/C12H19NO/c1-5-12(3,4)10-8-7-9-11(13-10)14-6-2/h7-9H,5-6H2,1-4H3. The molecule has 1 aromatic heterocycles. The molecule has 1 aromatic rings. The zero-order valence-electron chi connectivity index (χ0n) is 9.50. The molecule has 0 aliphatic heterocycles. The molecule has 0 bridgehead atoms. The summed E-state index contributed by atoms with van der Waals surface area (Å²) < 4.78 is 5.38. The van der Waals surface area contributed by atoms with Gasteiger partial charge in [-0.1, -0.05) is 26.8 Å². The van der Waals surface area contributed by atoms with Crippen molar-refractivity contribution in [1.29, 1.82) is 0 Å². The number of nitrogens with zero attached hydrogens (tertiary/aromatic N) is 1. The van der Waals surface area contributed by atoms with Gasteiger partial charge >= 0.3 is 0 Å². The number of aromatic nitrogens is 1. The summed E-state index contributed by atoms with van der Waals surface area (Å²) >= 11 is 0. The molecule has 0 spiro atoms. The van der Waals surface area contributed by atoms with E-state index in [4.69, 9.17) is 4.74 Å². The van der Waals surface area contributed by atoms with Crippen LogP contribution in [-0.2, 0) is 5.41 Å². The van der Waals surface area contributed by atoms with Crippen LogP contribution in [0.1, 0.15) is 39.8 Å². The van der Waals surface area contributed by atoms with Crippen molar-refractivity contribution in [2.45, 2.75) is 39.5 Å². The minimum absolute atomic E-state index is 0.132. The van der Waals surface area contributed by atoms with Crippen molar-refractivity contribution in [1.82, 2.24) is 4.98 Å². The fourth-order valence-corrected chi connectivity index (χ4v) is 1.20. The zero-order chi connectivity index (χ0) is 10.6. The monoisotopic (exact) mass is 193 g/mol. The maximum atomic E-state index is 5.38. The second kappa shape index (κ2) is 4.45. The second-order valence-corrected chi connectivity index (χ2v) is 4.03. The highest BCUT2D eigenvalue weighted by molar-refractivity contribution is 5.21. The summed E-state index contributed by atoms with van der Waals surface area (Å²) in [6, 6.07) is 5.97. The first-order chi connectivity index (χ1) is 6.60. The van der Waals surface area contributed by atoms with E-state index >= 15 is 0 Å². The topological polar surface area (TPSA) is 22.1 Å². The van der Waals surface area contributed by atoms with E-state index in [0.29, 0.717) is 6.61 Å². The van der Waals surface area contributed by atoms with E-state index < -0.39 is 0 Å². The zero-order valence-corrected chi connectivity index (χ0v) is 9.50. The van der Waals surface area contributed by atoms with Gasteiger partial charge in [-0.25, -0.2) is 4.98 Å². The van der Waals surface area contributed by atoms with Crippen molar-refractivity contribution >= 4 is 0 Å². The Bertz CT molecular complexity index is 294. The maximum absolute atomic E-state index is 5.38. The molecule has 0 aromatic carbocycles. The lowest BCUT2D eigenvalue weighted by molar-refractivity contribution is 0.322. The molecule has 0 N–H and O–H groups in total. The summed E-state index contributed by atoms with van der Waals surface area (Å²) in [4.78, 5) is 4.48. The first kappa shape index (κ1) is 11.0. The van der Waals surface area contributed by atoms with Gasteiger partial charge in [-0.05, 0) is 19.4 Å². The molecule has 0 saturated carbocycles. The summed E-state index contributed by atoms with van der Waals surface area (Å²) in [5.74, 6) is 0.728. The average molecular weight is 193 g/mol. The Balaban J connectivity index is 2.93. The van der Waals surface area contributed by atoms with Gasteiger partial charge in [0.05, 0.1) is 12.3 Å². The Hall–Kier alpha value is -1.05. The highest BCUT2D eigenvalue weighted by Gasteiger charge is 2.19. The van der Waals surface area contributed by atoms with E-state index in [1.54, 1.807) is 0 Å². The maximum Gasteiger partial charge on any atom is 0.213 e. The van der Waals surface area contributed by atoms with Crippen LogP contribution in [0.3, 0.4) is 0 Å². The van der Waals surface area contributed by atoms with Gasteiger partial charge in [0, 0.05) is 11.5 Å². The summed E-state index contributed by atoms with van der Waals surface area (Å²) in [6.45, 7) is 9.22. The van der Waals surface area contributed by atoms with Crippen molar-refractivity contribution in [3.8, 4) is 5.88 Å². The molecule has 78 valence electrons. The highest BCUT2D eigenvalue weighted by Crippen LogP contribution is 2.26. The van der Waals surface area contributed by atoms with E-state index in [9.17, 15) is 0 Å². The molecule has 0 radical (unpaired) electrons. The van der Waals surface area contributed by atoms with Crippen LogP contribution in [0, 0.1) is 0 Å². The molecule has 0 aliphatic rings. The molecule has 0 unspecified atom stereocenters. The highest BCUT2D eigenvalue weighted by atomic mass is 16.5. The third kappa shape index (κ3) is 2.47. The molecule has 14 heavy (non-hydrogen) atoms. The molecular formula is C12H19NO. The second-order valence-electron chi connectivity index (χ2n) is 4.03. The first-order valence-electron chi connectivity index (χ1n) is 5.20. The van der Waals surface area contributed by atoms with Crippen LogP contribution in [0.4, 0.5) is 0 Å². The van der Waals surface area contributed by atoms with Gasteiger partial charge in [-0.2, -0.15) is 0 Å².